The van der Waals surface area contributed by atoms with Gasteiger partial charge in [0.15, 0.2) is 6.10 Å². The molecule has 2 aromatic rings. The molecular formula is C18H20N2O3. The molecule has 4 rings (SSSR count). The minimum absolute atomic E-state index is 0.0642. The number of amides is 1. The van der Waals surface area contributed by atoms with Crippen molar-refractivity contribution in [3.63, 3.8) is 0 Å². The molecule has 1 aliphatic carbocycles. The molecule has 1 aromatic heterocycles. The Balaban J connectivity index is 1.78. The highest BCUT2D eigenvalue weighted by Crippen LogP contribution is 2.33. The van der Waals surface area contributed by atoms with Crippen molar-refractivity contribution in [2.24, 2.45) is 0 Å². The summed E-state index contributed by atoms with van der Waals surface area (Å²) in [5.74, 6) is 1.39. The maximum atomic E-state index is 12.6. The van der Waals surface area contributed by atoms with Gasteiger partial charge in [0.25, 0.3) is 5.91 Å². The van der Waals surface area contributed by atoms with Crippen LogP contribution in [0.4, 0.5) is 0 Å². The first-order valence-electron chi connectivity index (χ1n) is 8.10. The highest BCUT2D eigenvalue weighted by molar-refractivity contribution is 5.84. The molecule has 5 heteroatoms. The lowest BCUT2D eigenvalue weighted by Crippen LogP contribution is -2.47. The number of nitrogens with zero attached hydrogens (tertiary/aromatic N) is 2. The number of pyridine rings is 1. The Bertz CT molecular complexity index is 770. The Labute approximate surface area is 135 Å². The van der Waals surface area contributed by atoms with Crippen LogP contribution in [-0.4, -0.2) is 35.0 Å². The molecule has 23 heavy (non-hydrogen) atoms. The lowest BCUT2D eigenvalue weighted by atomic mass is 9.91. The van der Waals surface area contributed by atoms with Crippen molar-refractivity contribution in [1.29, 1.82) is 0 Å². The third-order valence-electron chi connectivity index (χ3n) is 4.84. The zero-order chi connectivity index (χ0) is 16.0. The van der Waals surface area contributed by atoms with Gasteiger partial charge in [0.1, 0.15) is 5.75 Å². The lowest BCUT2D eigenvalue weighted by molar-refractivity contribution is -0.141. The molecule has 1 atom stereocenters. The molecule has 1 aliphatic heterocycles. The number of carbonyl (C=O) groups excluding carboxylic acids is 1. The van der Waals surface area contributed by atoms with Crippen LogP contribution in [0, 0.1) is 0 Å². The summed E-state index contributed by atoms with van der Waals surface area (Å²) >= 11 is 0. The van der Waals surface area contributed by atoms with Crippen molar-refractivity contribution in [3.05, 3.63) is 29.8 Å². The number of rotatable bonds is 2. The number of fused-ring (bicyclic) bond motifs is 2. The number of carbonyl (C=O) groups is 1. The van der Waals surface area contributed by atoms with Crippen LogP contribution in [0.15, 0.2) is 24.3 Å². The van der Waals surface area contributed by atoms with E-state index < -0.39 is 6.10 Å². The SMILES string of the molecule is COc1ccc2cc3c(nc2c1)O[C@@H](C)C(=O)N(C1CCC1)C3. The summed E-state index contributed by atoms with van der Waals surface area (Å²) in [7, 11) is 1.64. The van der Waals surface area contributed by atoms with E-state index in [4.69, 9.17) is 9.47 Å². The fourth-order valence-corrected chi connectivity index (χ4v) is 3.24. The molecule has 0 N–H and O–H groups in total. The number of ether oxygens (including phenoxy) is 2. The molecule has 1 fully saturated rings. The zero-order valence-corrected chi connectivity index (χ0v) is 13.4. The second kappa shape index (κ2) is 5.41. The van der Waals surface area contributed by atoms with E-state index in [2.05, 4.69) is 11.1 Å². The van der Waals surface area contributed by atoms with Crippen LogP contribution in [0.5, 0.6) is 11.6 Å². The van der Waals surface area contributed by atoms with Gasteiger partial charge in [0.2, 0.25) is 5.88 Å². The van der Waals surface area contributed by atoms with Gasteiger partial charge in [-0.15, -0.1) is 0 Å². The van der Waals surface area contributed by atoms with Crippen LogP contribution >= 0.6 is 0 Å². The molecule has 120 valence electrons. The largest absolute Gasteiger partial charge is 0.497 e. The maximum Gasteiger partial charge on any atom is 0.263 e. The lowest BCUT2D eigenvalue weighted by Gasteiger charge is -2.37. The summed E-state index contributed by atoms with van der Waals surface area (Å²) in [6.45, 7) is 2.39. The van der Waals surface area contributed by atoms with Gasteiger partial charge in [-0.1, -0.05) is 0 Å². The smallest absolute Gasteiger partial charge is 0.263 e. The van der Waals surface area contributed by atoms with Crippen molar-refractivity contribution < 1.29 is 14.3 Å². The van der Waals surface area contributed by atoms with E-state index in [-0.39, 0.29) is 5.91 Å². The Morgan fingerprint density at radius 2 is 2.13 bits per heavy atom. The topological polar surface area (TPSA) is 51.7 Å². The van der Waals surface area contributed by atoms with Gasteiger partial charge in [-0.2, -0.15) is 0 Å². The Hall–Kier alpha value is -2.30. The molecule has 2 heterocycles. The van der Waals surface area contributed by atoms with Crippen molar-refractivity contribution in [3.8, 4) is 11.6 Å². The third kappa shape index (κ3) is 2.40. The second-order valence-electron chi connectivity index (χ2n) is 6.32. The molecule has 0 unspecified atom stereocenters. The average molecular weight is 312 g/mol. The standard InChI is InChI=1S/C18H20N2O3/c1-11-18(21)20(14-4-3-5-14)10-13-8-12-6-7-15(22-2)9-16(12)19-17(13)23-11/h6-9,11,14H,3-5,10H2,1-2H3/t11-/m0/s1. The number of methoxy groups -OCH3 is 1. The number of aromatic nitrogens is 1. The van der Waals surface area contributed by atoms with Gasteiger partial charge >= 0.3 is 0 Å². The highest BCUT2D eigenvalue weighted by atomic mass is 16.5. The van der Waals surface area contributed by atoms with Gasteiger partial charge < -0.3 is 14.4 Å². The van der Waals surface area contributed by atoms with Gasteiger partial charge in [-0.3, -0.25) is 4.79 Å². The van der Waals surface area contributed by atoms with Gasteiger partial charge in [0.05, 0.1) is 19.2 Å². The van der Waals surface area contributed by atoms with E-state index in [1.165, 1.54) is 6.42 Å². The van der Waals surface area contributed by atoms with Crippen LogP contribution < -0.4 is 9.47 Å². The van der Waals surface area contributed by atoms with E-state index in [1.54, 1.807) is 14.0 Å². The van der Waals surface area contributed by atoms with Gasteiger partial charge in [0, 0.05) is 23.1 Å². The molecule has 0 radical (unpaired) electrons. The van der Waals surface area contributed by atoms with Crippen LogP contribution in [-0.2, 0) is 11.3 Å². The molecular weight excluding hydrogens is 292 g/mol. The first-order chi connectivity index (χ1) is 11.2. The molecule has 5 nitrogen and oxygen atoms in total. The van der Waals surface area contributed by atoms with Crippen molar-refractivity contribution in [2.75, 3.05) is 7.11 Å². The molecule has 0 saturated heterocycles. The summed E-state index contributed by atoms with van der Waals surface area (Å²) in [6, 6.07) is 8.23. The van der Waals surface area contributed by atoms with E-state index in [0.29, 0.717) is 18.5 Å². The fourth-order valence-electron chi connectivity index (χ4n) is 3.24. The summed E-state index contributed by atoms with van der Waals surface area (Å²) in [4.78, 5) is 19.2. The van der Waals surface area contributed by atoms with Crippen molar-refractivity contribution in [2.45, 2.75) is 44.9 Å². The molecule has 1 saturated carbocycles. The quantitative estimate of drug-likeness (QED) is 0.855. The summed E-state index contributed by atoms with van der Waals surface area (Å²) in [6.07, 6.45) is 2.89. The van der Waals surface area contributed by atoms with Crippen LogP contribution in [0.3, 0.4) is 0 Å². The highest BCUT2D eigenvalue weighted by Gasteiger charge is 2.35. The molecule has 0 bridgehead atoms. The predicted octanol–water partition coefficient (Wildman–Crippen LogP) is 2.91. The van der Waals surface area contributed by atoms with E-state index in [1.807, 2.05) is 23.1 Å². The molecule has 2 aliphatic rings. The summed E-state index contributed by atoms with van der Waals surface area (Å²) in [5.41, 5.74) is 1.80. The fraction of sp³-hybridized carbons (Fsp3) is 0.444. The van der Waals surface area contributed by atoms with Crippen LogP contribution in [0.1, 0.15) is 31.7 Å². The van der Waals surface area contributed by atoms with Crippen LogP contribution in [0.25, 0.3) is 10.9 Å². The van der Waals surface area contributed by atoms with Crippen molar-refractivity contribution >= 4 is 16.8 Å². The van der Waals surface area contributed by atoms with E-state index in [0.717, 1.165) is 35.1 Å². The maximum absolute atomic E-state index is 12.6. The summed E-state index contributed by atoms with van der Waals surface area (Å²) < 4.78 is 11.1. The zero-order valence-electron chi connectivity index (χ0n) is 13.4. The molecule has 1 amide bonds. The minimum Gasteiger partial charge on any atom is -0.497 e. The number of hydrogen-bond donors (Lipinski definition) is 0. The predicted molar refractivity (Wildman–Crippen MR) is 86.6 cm³/mol. The van der Waals surface area contributed by atoms with Gasteiger partial charge in [-0.05, 0) is 44.4 Å². The second-order valence-corrected chi connectivity index (χ2v) is 6.32. The normalized spacial score (nSPS) is 21.4. The number of hydrogen-bond acceptors (Lipinski definition) is 4. The Morgan fingerprint density at radius 1 is 1.30 bits per heavy atom. The molecule has 0 spiro atoms. The van der Waals surface area contributed by atoms with Crippen LogP contribution in [0.2, 0.25) is 0 Å². The molecule has 1 aromatic carbocycles. The summed E-state index contributed by atoms with van der Waals surface area (Å²) in [5, 5.41) is 1.03. The number of benzene rings is 1. The first kappa shape index (κ1) is 14.3. The van der Waals surface area contributed by atoms with Gasteiger partial charge in [-0.25, -0.2) is 4.98 Å². The minimum atomic E-state index is -0.493. The first-order valence-corrected chi connectivity index (χ1v) is 8.10. The van der Waals surface area contributed by atoms with E-state index in [9.17, 15) is 4.79 Å². The van der Waals surface area contributed by atoms with E-state index >= 15 is 0 Å². The average Bonchev–Trinajstić information content (AvgIpc) is 2.61. The third-order valence-corrected chi connectivity index (χ3v) is 4.84. The monoisotopic (exact) mass is 312 g/mol. The van der Waals surface area contributed by atoms with Crippen molar-refractivity contribution in [1.82, 2.24) is 9.88 Å². The Morgan fingerprint density at radius 3 is 2.83 bits per heavy atom. The Kier molecular flexibility index (Phi) is 3.36.